The van der Waals surface area contributed by atoms with E-state index in [0.717, 1.165) is 25.9 Å². The molecule has 0 atom stereocenters. The SMILES string of the molecule is COc1cc(N)c(Cl)cc1C(=O)N(C)C1CCN(C(c2ccccc2)c2ccccc2)CC1. The Hall–Kier alpha value is -3.02. The van der Waals surface area contributed by atoms with Crippen molar-refractivity contribution in [2.24, 2.45) is 0 Å². The van der Waals surface area contributed by atoms with Gasteiger partial charge < -0.3 is 15.4 Å². The summed E-state index contributed by atoms with van der Waals surface area (Å²) in [6.07, 6.45) is 1.78. The zero-order valence-corrected chi connectivity index (χ0v) is 19.8. The number of benzene rings is 3. The van der Waals surface area contributed by atoms with Gasteiger partial charge in [0.2, 0.25) is 0 Å². The first-order chi connectivity index (χ1) is 16.0. The molecular formula is C27H30ClN3O2. The largest absolute Gasteiger partial charge is 0.496 e. The van der Waals surface area contributed by atoms with Gasteiger partial charge in [0, 0.05) is 32.2 Å². The fourth-order valence-electron chi connectivity index (χ4n) is 4.68. The number of hydrogen-bond donors (Lipinski definition) is 1. The number of halogens is 1. The van der Waals surface area contributed by atoms with Crippen LogP contribution in [0.3, 0.4) is 0 Å². The summed E-state index contributed by atoms with van der Waals surface area (Å²) < 4.78 is 5.39. The lowest BCUT2D eigenvalue weighted by atomic mass is 9.93. The number of piperidine rings is 1. The molecule has 172 valence electrons. The number of likely N-dealkylation sites (tertiary alicyclic amines) is 1. The van der Waals surface area contributed by atoms with Gasteiger partial charge in [0.25, 0.3) is 5.91 Å². The maximum Gasteiger partial charge on any atom is 0.257 e. The van der Waals surface area contributed by atoms with E-state index in [4.69, 9.17) is 22.1 Å². The van der Waals surface area contributed by atoms with Crippen LogP contribution in [0.4, 0.5) is 5.69 Å². The quantitative estimate of drug-likeness (QED) is 0.507. The molecule has 0 radical (unpaired) electrons. The standard InChI is InChI=1S/C27H30ClN3O2/c1-30(27(32)22-17-23(28)24(29)18-25(22)33-2)21-13-15-31(16-14-21)26(19-9-5-3-6-10-19)20-11-7-4-8-12-20/h3-12,17-18,21,26H,13-16,29H2,1-2H3. The first-order valence-corrected chi connectivity index (χ1v) is 11.6. The Kier molecular flexibility index (Phi) is 7.21. The predicted octanol–water partition coefficient (Wildman–Crippen LogP) is 5.26. The molecule has 3 aromatic carbocycles. The van der Waals surface area contributed by atoms with Crippen molar-refractivity contribution < 1.29 is 9.53 Å². The molecule has 5 nitrogen and oxygen atoms in total. The van der Waals surface area contributed by atoms with Crippen molar-refractivity contribution in [3.63, 3.8) is 0 Å². The number of nitrogen functional groups attached to an aromatic ring is 1. The Balaban J connectivity index is 1.50. The van der Waals surface area contributed by atoms with E-state index in [1.54, 1.807) is 12.1 Å². The second kappa shape index (κ2) is 10.3. The van der Waals surface area contributed by atoms with Gasteiger partial charge in [0.05, 0.1) is 29.4 Å². The van der Waals surface area contributed by atoms with Gasteiger partial charge in [-0.2, -0.15) is 0 Å². The highest BCUT2D eigenvalue weighted by atomic mass is 35.5. The number of nitrogens with zero attached hydrogens (tertiary/aromatic N) is 2. The Morgan fingerprint density at radius 1 is 1.03 bits per heavy atom. The van der Waals surface area contributed by atoms with Gasteiger partial charge in [-0.1, -0.05) is 72.3 Å². The molecule has 0 bridgehead atoms. The van der Waals surface area contributed by atoms with Crippen LogP contribution in [0, 0.1) is 0 Å². The van der Waals surface area contributed by atoms with Gasteiger partial charge in [-0.15, -0.1) is 0 Å². The number of carbonyl (C=O) groups excluding carboxylic acids is 1. The van der Waals surface area contributed by atoms with E-state index in [2.05, 4.69) is 65.6 Å². The van der Waals surface area contributed by atoms with Crippen LogP contribution in [0.2, 0.25) is 5.02 Å². The zero-order chi connectivity index (χ0) is 23.4. The lowest BCUT2D eigenvalue weighted by Gasteiger charge is -2.41. The highest BCUT2D eigenvalue weighted by Crippen LogP contribution is 2.33. The van der Waals surface area contributed by atoms with Crippen LogP contribution in [0.5, 0.6) is 5.75 Å². The molecule has 33 heavy (non-hydrogen) atoms. The van der Waals surface area contributed by atoms with Crippen molar-refractivity contribution in [2.45, 2.75) is 24.9 Å². The molecule has 1 aliphatic heterocycles. The number of ether oxygens (including phenoxy) is 1. The summed E-state index contributed by atoms with van der Waals surface area (Å²) in [6, 6.07) is 24.8. The molecule has 1 aliphatic rings. The maximum atomic E-state index is 13.3. The molecule has 1 heterocycles. The van der Waals surface area contributed by atoms with Gasteiger partial charge in [-0.05, 0) is 30.0 Å². The number of hydrogen-bond acceptors (Lipinski definition) is 4. The monoisotopic (exact) mass is 463 g/mol. The average Bonchev–Trinajstić information content (AvgIpc) is 2.86. The highest BCUT2D eigenvalue weighted by molar-refractivity contribution is 6.33. The van der Waals surface area contributed by atoms with E-state index < -0.39 is 0 Å². The second-order valence-electron chi connectivity index (χ2n) is 8.48. The third-order valence-corrected chi connectivity index (χ3v) is 6.84. The van der Waals surface area contributed by atoms with Gasteiger partial charge in [-0.3, -0.25) is 9.69 Å². The van der Waals surface area contributed by atoms with E-state index in [0.29, 0.717) is 22.0 Å². The summed E-state index contributed by atoms with van der Waals surface area (Å²) in [7, 11) is 3.39. The molecular weight excluding hydrogens is 434 g/mol. The summed E-state index contributed by atoms with van der Waals surface area (Å²) in [5.41, 5.74) is 9.29. The zero-order valence-electron chi connectivity index (χ0n) is 19.1. The van der Waals surface area contributed by atoms with Gasteiger partial charge >= 0.3 is 0 Å². The van der Waals surface area contributed by atoms with Crippen molar-refractivity contribution in [1.82, 2.24) is 9.80 Å². The molecule has 0 unspecified atom stereocenters. The van der Waals surface area contributed by atoms with Gasteiger partial charge in [0.15, 0.2) is 0 Å². The lowest BCUT2D eigenvalue weighted by molar-refractivity contribution is 0.0612. The fraction of sp³-hybridized carbons (Fsp3) is 0.296. The van der Waals surface area contributed by atoms with E-state index in [1.165, 1.54) is 18.2 Å². The lowest BCUT2D eigenvalue weighted by Crippen LogP contribution is -2.46. The summed E-state index contributed by atoms with van der Waals surface area (Å²) in [5, 5.41) is 0.357. The summed E-state index contributed by atoms with van der Waals surface area (Å²) in [6.45, 7) is 1.80. The predicted molar refractivity (Wildman–Crippen MR) is 134 cm³/mol. The molecule has 3 aromatic rings. The van der Waals surface area contributed by atoms with Crippen LogP contribution in [-0.4, -0.2) is 49.0 Å². The van der Waals surface area contributed by atoms with Crippen molar-refractivity contribution in [3.05, 3.63) is 94.5 Å². The van der Waals surface area contributed by atoms with Crippen LogP contribution in [-0.2, 0) is 0 Å². The third kappa shape index (κ3) is 5.00. The normalized spacial score (nSPS) is 14.9. The van der Waals surface area contributed by atoms with E-state index in [-0.39, 0.29) is 18.0 Å². The molecule has 1 saturated heterocycles. The minimum atomic E-state index is -0.102. The first kappa shape index (κ1) is 23.1. The van der Waals surface area contributed by atoms with Gasteiger partial charge in [0.1, 0.15) is 5.75 Å². The summed E-state index contributed by atoms with van der Waals surface area (Å²) >= 11 is 6.19. The Labute approximate surface area is 200 Å². The van der Waals surface area contributed by atoms with Gasteiger partial charge in [-0.25, -0.2) is 0 Å². The average molecular weight is 464 g/mol. The maximum absolute atomic E-state index is 13.3. The topological polar surface area (TPSA) is 58.8 Å². The number of carbonyl (C=O) groups is 1. The van der Waals surface area contributed by atoms with Crippen molar-refractivity contribution in [1.29, 1.82) is 0 Å². The van der Waals surface area contributed by atoms with E-state index in [1.807, 2.05) is 11.9 Å². The number of methoxy groups -OCH3 is 1. The van der Waals surface area contributed by atoms with Crippen LogP contribution in [0.15, 0.2) is 72.8 Å². The molecule has 0 aromatic heterocycles. The molecule has 2 N–H and O–H groups in total. The highest BCUT2D eigenvalue weighted by Gasteiger charge is 2.31. The smallest absolute Gasteiger partial charge is 0.257 e. The minimum Gasteiger partial charge on any atom is -0.496 e. The number of rotatable bonds is 6. The van der Waals surface area contributed by atoms with E-state index in [9.17, 15) is 4.79 Å². The molecule has 6 heteroatoms. The number of amides is 1. The van der Waals surface area contributed by atoms with Crippen LogP contribution < -0.4 is 10.5 Å². The minimum absolute atomic E-state index is 0.102. The molecule has 0 aliphatic carbocycles. The molecule has 0 saturated carbocycles. The molecule has 4 rings (SSSR count). The Bertz CT molecular complexity index is 1040. The summed E-state index contributed by atoms with van der Waals surface area (Å²) in [4.78, 5) is 17.6. The second-order valence-corrected chi connectivity index (χ2v) is 8.89. The summed E-state index contributed by atoms with van der Waals surface area (Å²) in [5.74, 6) is 0.342. The molecule has 1 amide bonds. The van der Waals surface area contributed by atoms with Crippen molar-refractivity contribution in [2.75, 3.05) is 33.0 Å². The molecule has 0 spiro atoms. The Morgan fingerprint density at radius 2 is 1.58 bits per heavy atom. The van der Waals surface area contributed by atoms with E-state index >= 15 is 0 Å². The number of anilines is 1. The fourth-order valence-corrected chi connectivity index (χ4v) is 4.84. The van der Waals surface area contributed by atoms with Crippen LogP contribution in [0.25, 0.3) is 0 Å². The van der Waals surface area contributed by atoms with Crippen molar-refractivity contribution >= 4 is 23.2 Å². The molecule has 1 fully saturated rings. The van der Waals surface area contributed by atoms with Crippen LogP contribution in [0.1, 0.15) is 40.4 Å². The number of nitrogens with two attached hydrogens (primary N) is 1. The third-order valence-electron chi connectivity index (χ3n) is 6.51. The van der Waals surface area contributed by atoms with Crippen LogP contribution >= 0.6 is 11.6 Å². The van der Waals surface area contributed by atoms with Crippen molar-refractivity contribution in [3.8, 4) is 5.75 Å². The first-order valence-electron chi connectivity index (χ1n) is 11.2. The Morgan fingerprint density at radius 3 is 2.09 bits per heavy atom.